The average Bonchev–Trinajstić information content (AvgIpc) is 2.61. The van der Waals surface area contributed by atoms with Crippen molar-refractivity contribution in [2.24, 2.45) is 0 Å². The Morgan fingerprint density at radius 2 is 1.82 bits per heavy atom. The predicted molar refractivity (Wildman–Crippen MR) is 106 cm³/mol. The molecule has 1 aromatic rings. The van der Waals surface area contributed by atoms with Gasteiger partial charge in [0, 0.05) is 26.2 Å². The minimum atomic E-state index is -0.550. The second-order valence-corrected chi connectivity index (χ2v) is 8.17. The SMILES string of the molecule is COC[C@H]1CN(C(=O)OC(C)(C)C)[C@H](C)CN1CC(=O)OCc1ccccc1. The number of amides is 1. The van der Waals surface area contributed by atoms with Crippen LogP contribution in [0, 0.1) is 0 Å². The lowest BCUT2D eigenvalue weighted by Gasteiger charge is -2.44. The van der Waals surface area contributed by atoms with E-state index in [4.69, 9.17) is 14.2 Å². The fourth-order valence-corrected chi connectivity index (χ4v) is 3.18. The molecule has 2 rings (SSSR count). The van der Waals surface area contributed by atoms with Gasteiger partial charge in [-0.2, -0.15) is 0 Å². The molecule has 0 bridgehead atoms. The van der Waals surface area contributed by atoms with Gasteiger partial charge in [0.05, 0.1) is 19.2 Å². The number of hydrogen-bond acceptors (Lipinski definition) is 6. The zero-order chi connectivity index (χ0) is 20.7. The average molecular weight is 392 g/mol. The minimum absolute atomic E-state index is 0.0788. The molecule has 28 heavy (non-hydrogen) atoms. The molecule has 0 aliphatic carbocycles. The molecule has 0 spiro atoms. The first-order chi connectivity index (χ1) is 13.2. The maximum absolute atomic E-state index is 12.5. The zero-order valence-electron chi connectivity index (χ0n) is 17.5. The summed E-state index contributed by atoms with van der Waals surface area (Å²) in [5.74, 6) is -0.289. The molecular formula is C21H32N2O5. The summed E-state index contributed by atoms with van der Waals surface area (Å²) in [5.41, 5.74) is 0.402. The fourth-order valence-electron chi connectivity index (χ4n) is 3.18. The van der Waals surface area contributed by atoms with Crippen molar-refractivity contribution in [2.75, 3.05) is 33.4 Å². The number of piperazine rings is 1. The highest BCUT2D eigenvalue weighted by atomic mass is 16.6. The molecule has 0 N–H and O–H groups in total. The molecule has 0 unspecified atom stereocenters. The number of ether oxygens (including phenoxy) is 3. The van der Waals surface area contributed by atoms with Crippen molar-refractivity contribution in [2.45, 2.75) is 52.0 Å². The largest absolute Gasteiger partial charge is 0.460 e. The first kappa shape index (κ1) is 22.2. The number of rotatable bonds is 6. The van der Waals surface area contributed by atoms with Gasteiger partial charge in [-0.05, 0) is 33.3 Å². The Morgan fingerprint density at radius 3 is 2.43 bits per heavy atom. The summed E-state index contributed by atoms with van der Waals surface area (Å²) < 4.78 is 16.2. The van der Waals surface area contributed by atoms with Gasteiger partial charge in [0.1, 0.15) is 12.2 Å². The highest BCUT2D eigenvalue weighted by molar-refractivity contribution is 5.72. The second-order valence-electron chi connectivity index (χ2n) is 8.17. The van der Waals surface area contributed by atoms with E-state index in [0.29, 0.717) is 19.7 Å². The van der Waals surface area contributed by atoms with E-state index in [-0.39, 0.29) is 37.3 Å². The van der Waals surface area contributed by atoms with Crippen LogP contribution in [0.15, 0.2) is 30.3 Å². The fraction of sp³-hybridized carbons (Fsp3) is 0.619. The third kappa shape index (κ3) is 6.80. The molecule has 7 heteroatoms. The van der Waals surface area contributed by atoms with E-state index in [1.807, 2.05) is 62.9 Å². The Bertz CT molecular complexity index is 644. The summed E-state index contributed by atoms with van der Waals surface area (Å²) in [6, 6.07) is 9.41. The quantitative estimate of drug-likeness (QED) is 0.694. The van der Waals surface area contributed by atoms with E-state index in [2.05, 4.69) is 0 Å². The minimum Gasteiger partial charge on any atom is -0.460 e. The number of esters is 1. The molecule has 2 atom stereocenters. The third-order valence-electron chi connectivity index (χ3n) is 4.52. The van der Waals surface area contributed by atoms with Crippen LogP contribution in [0.2, 0.25) is 0 Å². The Hall–Kier alpha value is -2.12. The van der Waals surface area contributed by atoms with Gasteiger partial charge in [-0.15, -0.1) is 0 Å². The molecular weight excluding hydrogens is 360 g/mol. The summed E-state index contributed by atoms with van der Waals surface area (Å²) in [7, 11) is 1.61. The van der Waals surface area contributed by atoms with Gasteiger partial charge in [-0.25, -0.2) is 4.79 Å². The summed E-state index contributed by atoms with van der Waals surface area (Å²) >= 11 is 0. The van der Waals surface area contributed by atoms with Gasteiger partial charge in [0.25, 0.3) is 0 Å². The first-order valence-electron chi connectivity index (χ1n) is 9.61. The Labute approximate surface area is 167 Å². The highest BCUT2D eigenvalue weighted by Crippen LogP contribution is 2.19. The van der Waals surface area contributed by atoms with Crippen molar-refractivity contribution < 1.29 is 23.8 Å². The van der Waals surface area contributed by atoms with E-state index in [0.717, 1.165) is 5.56 Å². The number of nitrogens with zero attached hydrogens (tertiary/aromatic N) is 2. The van der Waals surface area contributed by atoms with E-state index >= 15 is 0 Å². The molecule has 1 amide bonds. The van der Waals surface area contributed by atoms with Crippen LogP contribution in [0.25, 0.3) is 0 Å². The van der Waals surface area contributed by atoms with Crippen molar-refractivity contribution >= 4 is 12.1 Å². The second kappa shape index (κ2) is 9.89. The standard InChI is InChI=1S/C21H32N2O5/c1-16-11-22(13-19(24)27-14-17-9-7-6-8-10-17)18(15-26-5)12-23(16)20(25)28-21(2,3)4/h6-10,16,18H,11-15H2,1-5H3/t16-,18-/m1/s1. The maximum atomic E-state index is 12.5. The third-order valence-corrected chi connectivity index (χ3v) is 4.52. The molecule has 0 radical (unpaired) electrons. The molecule has 156 valence electrons. The van der Waals surface area contributed by atoms with Crippen LogP contribution in [0.5, 0.6) is 0 Å². The molecule has 1 fully saturated rings. The van der Waals surface area contributed by atoms with Gasteiger partial charge >= 0.3 is 12.1 Å². The molecule has 1 aliphatic rings. The molecule has 1 aliphatic heterocycles. The van der Waals surface area contributed by atoms with Crippen LogP contribution in [0.4, 0.5) is 4.79 Å². The normalized spacial score (nSPS) is 20.7. The lowest BCUT2D eigenvalue weighted by molar-refractivity contribution is -0.148. The number of carbonyl (C=O) groups is 2. The summed E-state index contributed by atoms with van der Waals surface area (Å²) in [5, 5.41) is 0. The molecule has 1 aromatic carbocycles. The molecule has 7 nitrogen and oxygen atoms in total. The first-order valence-corrected chi connectivity index (χ1v) is 9.61. The van der Waals surface area contributed by atoms with Crippen molar-refractivity contribution in [3.63, 3.8) is 0 Å². The van der Waals surface area contributed by atoms with Gasteiger partial charge in [0.15, 0.2) is 0 Å². The van der Waals surface area contributed by atoms with E-state index in [1.54, 1.807) is 12.0 Å². The van der Waals surface area contributed by atoms with Crippen molar-refractivity contribution in [1.82, 2.24) is 9.80 Å². The topological polar surface area (TPSA) is 68.3 Å². The Balaban J connectivity index is 1.94. The summed E-state index contributed by atoms with van der Waals surface area (Å²) in [6.45, 7) is 9.32. The van der Waals surface area contributed by atoms with E-state index in [1.165, 1.54) is 0 Å². The number of methoxy groups -OCH3 is 1. The van der Waals surface area contributed by atoms with Crippen LogP contribution < -0.4 is 0 Å². The predicted octanol–water partition coefficient (Wildman–Crippen LogP) is 2.69. The van der Waals surface area contributed by atoms with Crippen molar-refractivity contribution in [3.05, 3.63) is 35.9 Å². The zero-order valence-corrected chi connectivity index (χ0v) is 17.5. The molecule has 0 saturated carbocycles. The van der Waals surface area contributed by atoms with Crippen LogP contribution in [0.3, 0.4) is 0 Å². The Morgan fingerprint density at radius 1 is 1.14 bits per heavy atom. The Kier molecular flexibility index (Phi) is 7.83. The summed E-state index contributed by atoms with van der Waals surface area (Å²) in [4.78, 5) is 28.6. The summed E-state index contributed by atoms with van der Waals surface area (Å²) in [6.07, 6.45) is -0.340. The monoisotopic (exact) mass is 392 g/mol. The van der Waals surface area contributed by atoms with Crippen LogP contribution in [0.1, 0.15) is 33.3 Å². The van der Waals surface area contributed by atoms with Crippen LogP contribution >= 0.6 is 0 Å². The highest BCUT2D eigenvalue weighted by Gasteiger charge is 2.37. The number of benzene rings is 1. The number of hydrogen-bond donors (Lipinski definition) is 0. The smallest absolute Gasteiger partial charge is 0.410 e. The number of carbonyl (C=O) groups excluding carboxylic acids is 2. The van der Waals surface area contributed by atoms with Gasteiger partial charge in [-0.1, -0.05) is 30.3 Å². The van der Waals surface area contributed by atoms with Gasteiger partial charge in [0.2, 0.25) is 0 Å². The molecule has 0 aromatic heterocycles. The van der Waals surface area contributed by atoms with E-state index in [9.17, 15) is 9.59 Å². The maximum Gasteiger partial charge on any atom is 0.410 e. The van der Waals surface area contributed by atoms with Crippen molar-refractivity contribution in [3.8, 4) is 0 Å². The van der Waals surface area contributed by atoms with Gasteiger partial charge in [-0.3, -0.25) is 9.69 Å². The lowest BCUT2D eigenvalue weighted by atomic mass is 10.1. The lowest BCUT2D eigenvalue weighted by Crippen LogP contribution is -2.61. The molecule has 1 heterocycles. The van der Waals surface area contributed by atoms with E-state index < -0.39 is 5.60 Å². The van der Waals surface area contributed by atoms with Gasteiger partial charge < -0.3 is 19.1 Å². The van der Waals surface area contributed by atoms with Crippen LogP contribution in [-0.4, -0.2) is 72.9 Å². The molecule has 1 saturated heterocycles. The van der Waals surface area contributed by atoms with Crippen molar-refractivity contribution in [1.29, 1.82) is 0 Å². The van der Waals surface area contributed by atoms with Crippen LogP contribution in [-0.2, 0) is 25.6 Å².